The van der Waals surface area contributed by atoms with Crippen LogP contribution in [0.25, 0.3) is 0 Å². The highest BCUT2D eigenvalue weighted by Crippen LogP contribution is 2.23. The Morgan fingerprint density at radius 2 is 2.33 bits per heavy atom. The van der Waals surface area contributed by atoms with E-state index in [1.807, 2.05) is 18.2 Å². The van der Waals surface area contributed by atoms with E-state index in [9.17, 15) is 0 Å². The summed E-state index contributed by atoms with van der Waals surface area (Å²) in [4.78, 5) is 0. The molecule has 0 radical (unpaired) electrons. The van der Waals surface area contributed by atoms with Crippen molar-refractivity contribution in [2.45, 2.75) is 19.4 Å². The Morgan fingerprint density at radius 1 is 1.60 bits per heavy atom. The van der Waals surface area contributed by atoms with Gasteiger partial charge in [-0.15, -0.1) is 0 Å². The first-order valence-corrected chi connectivity index (χ1v) is 5.55. The van der Waals surface area contributed by atoms with Crippen molar-refractivity contribution in [3.8, 4) is 6.07 Å². The summed E-state index contributed by atoms with van der Waals surface area (Å²) in [5, 5.41) is 21.2. The number of hydrogen-bond donors (Lipinski definition) is 2. The van der Waals surface area contributed by atoms with Crippen LogP contribution >= 0.6 is 15.9 Å². The Labute approximate surface area is 97.9 Å². The zero-order chi connectivity index (χ0) is 11.3. The maximum Gasteiger partial charge on any atom is 0.103 e. The first-order chi connectivity index (χ1) is 7.15. The fraction of sp³-hybridized carbons (Fsp3) is 0.364. The number of nitriles is 1. The van der Waals surface area contributed by atoms with Crippen molar-refractivity contribution in [1.82, 2.24) is 0 Å². The maximum atomic E-state index is 9.10. The first-order valence-electron chi connectivity index (χ1n) is 4.75. The number of halogens is 1. The van der Waals surface area contributed by atoms with Crippen molar-refractivity contribution in [1.29, 1.82) is 5.26 Å². The molecule has 0 aliphatic heterocycles. The molecule has 0 heterocycles. The van der Waals surface area contributed by atoms with Gasteiger partial charge in [-0.3, -0.25) is 0 Å². The number of hydrogen-bond acceptors (Lipinski definition) is 3. The molecule has 1 atom stereocenters. The number of nitrogens with one attached hydrogen (secondary N) is 1. The lowest BCUT2D eigenvalue weighted by Gasteiger charge is -2.10. The predicted molar refractivity (Wildman–Crippen MR) is 63.6 cm³/mol. The van der Waals surface area contributed by atoms with Crippen molar-refractivity contribution in [2.75, 3.05) is 11.9 Å². The average Bonchev–Trinajstić information content (AvgIpc) is 2.17. The largest absolute Gasteiger partial charge is 0.393 e. The second-order valence-corrected chi connectivity index (χ2v) is 4.19. The summed E-state index contributed by atoms with van der Waals surface area (Å²) in [7, 11) is 0. The molecule has 1 unspecified atom stereocenters. The minimum Gasteiger partial charge on any atom is -0.393 e. The Hall–Kier alpha value is -1.05. The van der Waals surface area contributed by atoms with Crippen LogP contribution in [0.4, 0.5) is 5.69 Å². The molecule has 0 bridgehead atoms. The summed E-state index contributed by atoms with van der Waals surface area (Å²) in [6, 6.07) is 7.69. The van der Waals surface area contributed by atoms with E-state index in [1.54, 1.807) is 6.92 Å². The van der Waals surface area contributed by atoms with Gasteiger partial charge in [0.25, 0.3) is 0 Å². The van der Waals surface area contributed by atoms with Gasteiger partial charge in [0.15, 0.2) is 0 Å². The fourth-order valence-corrected chi connectivity index (χ4v) is 1.66. The molecule has 0 fully saturated rings. The highest BCUT2D eigenvalue weighted by atomic mass is 79.9. The Kier molecular flexibility index (Phi) is 4.60. The van der Waals surface area contributed by atoms with E-state index in [0.29, 0.717) is 18.5 Å². The van der Waals surface area contributed by atoms with E-state index in [-0.39, 0.29) is 6.10 Å². The van der Waals surface area contributed by atoms with Crippen LogP contribution < -0.4 is 5.32 Å². The van der Waals surface area contributed by atoms with Gasteiger partial charge in [0.1, 0.15) is 6.07 Å². The molecule has 0 spiro atoms. The third-order valence-corrected chi connectivity index (χ3v) is 2.66. The molecule has 2 N–H and O–H groups in total. The standard InChI is InChI=1S/C11H13BrN2O/c1-8(15)5-6-14-11-4-2-3-10(12)9(11)7-13/h2-4,8,14-15H,5-6H2,1H3. The molecule has 0 amide bonds. The summed E-state index contributed by atoms with van der Waals surface area (Å²) in [6.45, 7) is 2.40. The van der Waals surface area contributed by atoms with E-state index >= 15 is 0 Å². The lowest BCUT2D eigenvalue weighted by Crippen LogP contribution is -2.10. The number of rotatable bonds is 4. The molecule has 80 valence electrons. The maximum absolute atomic E-state index is 9.10. The quantitative estimate of drug-likeness (QED) is 0.883. The minimum atomic E-state index is -0.324. The molecule has 0 aromatic heterocycles. The van der Waals surface area contributed by atoms with Gasteiger partial charge in [-0.2, -0.15) is 5.26 Å². The monoisotopic (exact) mass is 268 g/mol. The van der Waals surface area contributed by atoms with Crippen molar-refractivity contribution in [2.24, 2.45) is 0 Å². The van der Waals surface area contributed by atoms with Gasteiger partial charge >= 0.3 is 0 Å². The van der Waals surface area contributed by atoms with Crippen LogP contribution in [-0.4, -0.2) is 17.8 Å². The van der Waals surface area contributed by atoms with Gasteiger partial charge in [0.05, 0.1) is 17.4 Å². The second-order valence-electron chi connectivity index (χ2n) is 3.34. The van der Waals surface area contributed by atoms with Crippen molar-refractivity contribution < 1.29 is 5.11 Å². The van der Waals surface area contributed by atoms with E-state index in [1.165, 1.54) is 0 Å². The average molecular weight is 269 g/mol. The Balaban J connectivity index is 2.69. The van der Waals surface area contributed by atoms with Gasteiger partial charge in [-0.25, -0.2) is 0 Å². The lowest BCUT2D eigenvalue weighted by atomic mass is 10.2. The van der Waals surface area contributed by atoms with Crippen LogP contribution in [0.5, 0.6) is 0 Å². The van der Waals surface area contributed by atoms with Gasteiger partial charge in [0.2, 0.25) is 0 Å². The van der Waals surface area contributed by atoms with Crippen LogP contribution in [0.1, 0.15) is 18.9 Å². The molecule has 3 nitrogen and oxygen atoms in total. The van der Waals surface area contributed by atoms with Gasteiger partial charge < -0.3 is 10.4 Å². The zero-order valence-electron chi connectivity index (χ0n) is 8.50. The molecule has 1 rings (SSSR count). The van der Waals surface area contributed by atoms with Crippen LogP contribution in [0, 0.1) is 11.3 Å². The molecule has 1 aromatic carbocycles. The summed E-state index contributed by atoms with van der Waals surface area (Å²) in [5.74, 6) is 0. The van der Waals surface area contributed by atoms with Crippen molar-refractivity contribution in [3.05, 3.63) is 28.2 Å². The Bertz CT molecular complexity index is 371. The summed E-state index contributed by atoms with van der Waals surface area (Å²) < 4.78 is 0.784. The van der Waals surface area contributed by atoms with Crippen LogP contribution in [0.3, 0.4) is 0 Å². The third-order valence-electron chi connectivity index (χ3n) is 2.00. The molecule has 4 heteroatoms. The van der Waals surface area contributed by atoms with Crippen LogP contribution in [-0.2, 0) is 0 Å². The summed E-state index contributed by atoms with van der Waals surface area (Å²) in [5.41, 5.74) is 1.40. The van der Waals surface area contributed by atoms with Crippen LogP contribution in [0.2, 0.25) is 0 Å². The number of aliphatic hydroxyl groups is 1. The third kappa shape index (κ3) is 3.54. The number of anilines is 1. The first kappa shape index (κ1) is 12.0. The summed E-state index contributed by atoms with van der Waals surface area (Å²) in [6.07, 6.45) is 0.340. The lowest BCUT2D eigenvalue weighted by molar-refractivity contribution is 0.189. The second kappa shape index (κ2) is 5.74. The van der Waals surface area contributed by atoms with Crippen molar-refractivity contribution >= 4 is 21.6 Å². The number of nitrogens with zero attached hydrogens (tertiary/aromatic N) is 1. The van der Waals surface area contributed by atoms with E-state index in [2.05, 4.69) is 27.3 Å². The molecule has 0 aliphatic rings. The molecule has 0 aliphatic carbocycles. The predicted octanol–water partition coefficient (Wildman–Crippen LogP) is 2.50. The highest BCUT2D eigenvalue weighted by molar-refractivity contribution is 9.10. The molecule has 15 heavy (non-hydrogen) atoms. The van der Waals surface area contributed by atoms with E-state index in [0.717, 1.165) is 10.2 Å². The molecule has 0 saturated heterocycles. The summed E-state index contributed by atoms with van der Waals surface area (Å²) >= 11 is 3.32. The molecular weight excluding hydrogens is 256 g/mol. The van der Waals surface area contributed by atoms with Gasteiger partial charge in [0, 0.05) is 11.0 Å². The highest BCUT2D eigenvalue weighted by Gasteiger charge is 2.05. The number of benzene rings is 1. The van der Waals surface area contributed by atoms with Crippen LogP contribution in [0.15, 0.2) is 22.7 Å². The van der Waals surface area contributed by atoms with Crippen molar-refractivity contribution in [3.63, 3.8) is 0 Å². The topological polar surface area (TPSA) is 56.0 Å². The molecule has 1 aromatic rings. The smallest absolute Gasteiger partial charge is 0.103 e. The SMILES string of the molecule is CC(O)CCNc1cccc(Br)c1C#N. The normalized spacial score (nSPS) is 11.9. The van der Waals surface area contributed by atoms with E-state index in [4.69, 9.17) is 10.4 Å². The Morgan fingerprint density at radius 3 is 2.93 bits per heavy atom. The zero-order valence-corrected chi connectivity index (χ0v) is 10.1. The number of aliphatic hydroxyl groups excluding tert-OH is 1. The van der Waals surface area contributed by atoms with Gasteiger partial charge in [-0.1, -0.05) is 6.07 Å². The minimum absolute atomic E-state index is 0.324. The van der Waals surface area contributed by atoms with E-state index < -0.39 is 0 Å². The molecule has 0 saturated carbocycles. The van der Waals surface area contributed by atoms with Gasteiger partial charge in [-0.05, 0) is 41.4 Å². The molecular formula is C11H13BrN2O. The fourth-order valence-electron chi connectivity index (χ4n) is 1.20.